The molecule has 2 amide bonds. The van der Waals surface area contributed by atoms with Crippen molar-refractivity contribution >= 4 is 23.5 Å². The minimum absolute atomic E-state index is 0.0770. The number of carbonyl (C=O) groups excluding carboxylic acids is 3. The zero-order valence-electron chi connectivity index (χ0n) is 17.4. The van der Waals surface area contributed by atoms with Crippen molar-refractivity contribution in [2.75, 3.05) is 32.1 Å². The van der Waals surface area contributed by atoms with Crippen LogP contribution in [0.5, 0.6) is 0 Å². The topological polar surface area (TPSA) is 87.7 Å². The summed E-state index contributed by atoms with van der Waals surface area (Å²) in [4.78, 5) is 38.0. The van der Waals surface area contributed by atoms with Gasteiger partial charge < -0.3 is 15.4 Å². The number of hydrogen-bond donors (Lipinski definition) is 2. The molecule has 0 saturated carbocycles. The number of piperidine rings is 1. The number of methoxy groups -OCH3 is 1. The van der Waals surface area contributed by atoms with Crippen LogP contribution in [0.1, 0.15) is 28.8 Å². The Hall–Kier alpha value is -3.26. The average Bonchev–Trinajstić information content (AvgIpc) is 2.78. The molecule has 31 heavy (non-hydrogen) atoms. The zero-order chi connectivity index (χ0) is 22.2. The van der Waals surface area contributed by atoms with Gasteiger partial charge in [-0.2, -0.15) is 0 Å². The highest BCUT2D eigenvalue weighted by molar-refractivity contribution is 5.97. The molecule has 0 radical (unpaired) electrons. The standard InChI is InChI=1S/C23H26FN3O4/c1-31-21(28)13-25-22(29)17-7-9-20(10-8-17)26-23(30)18-5-3-11-27(15-18)14-16-4-2-6-19(24)12-16/h2,4,6-10,12,18H,3,5,11,13-15H2,1H3,(H,25,29)(H,26,30). The third-order valence-corrected chi connectivity index (χ3v) is 5.21. The van der Waals surface area contributed by atoms with Crippen molar-refractivity contribution in [2.24, 2.45) is 5.92 Å². The van der Waals surface area contributed by atoms with Gasteiger partial charge in [-0.05, 0) is 61.3 Å². The summed E-state index contributed by atoms with van der Waals surface area (Å²) in [5.74, 6) is -1.43. The minimum Gasteiger partial charge on any atom is -0.468 e. The summed E-state index contributed by atoms with van der Waals surface area (Å²) >= 11 is 0. The van der Waals surface area contributed by atoms with Crippen molar-refractivity contribution in [3.05, 3.63) is 65.5 Å². The van der Waals surface area contributed by atoms with E-state index < -0.39 is 11.9 Å². The largest absolute Gasteiger partial charge is 0.468 e. The van der Waals surface area contributed by atoms with Crippen LogP contribution in [0.3, 0.4) is 0 Å². The molecule has 2 aromatic carbocycles. The summed E-state index contributed by atoms with van der Waals surface area (Å²) in [6, 6.07) is 13.0. The molecule has 0 bridgehead atoms. The molecule has 1 saturated heterocycles. The molecule has 1 heterocycles. The molecule has 7 nitrogen and oxygen atoms in total. The van der Waals surface area contributed by atoms with Gasteiger partial charge in [0, 0.05) is 24.3 Å². The van der Waals surface area contributed by atoms with E-state index in [4.69, 9.17) is 0 Å². The summed E-state index contributed by atoms with van der Waals surface area (Å²) in [6.45, 7) is 1.88. The SMILES string of the molecule is COC(=O)CNC(=O)c1ccc(NC(=O)C2CCCN(Cc3cccc(F)c3)C2)cc1. The number of rotatable bonds is 7. The summed E-state index contributed by atoms with van der Waals surface area (Å²) in [5.41, 5.74) is 1.86. The second-order valence-corrected chi connectivity index (χ2v) is 7.53. The van der Waals surface area contributed by atoms with E-state index in [0.717, 1.165) is 24.9 Å². The molecule has 8 heteroatoms. The molecular weight excluding hydrogens is 401 g/mol. The van der Waals surface area contributed by atoms with Gasteiger partial charge in [0.05, 0.1) is 13.0 Å². The molecule has 1 aliphatic heterocycles. The van der Waals surface area contributed by atoms with Crippen LogP contribution in [0.25, 0.3) is 0 Å². The third-order valence-electron chi connectivity index (χ3n) is 5.21. The highest BCUT2D eigenvalue weighted by Crippen LogP contribution is 2.21. The number of halogens is 1. The van der Waals surface area contributed by atoms with Crippen molar-refractivity contribution in [1.29, 1.82) is 0 Å². The van der Waals surface area contributed by atoms with Gasteiger partial charge >= 0.3 is 5.97 Å². The van der Waals surface area contributed by atoms with E-state index in [1.807, 2.05) is 6.07 Å². The molecule has 2 N–H and O–H groups in total. The first-order valence-corrected chi connectivity index (χ1v) is 10.2. The van der Waals surface area contributed by atoms with Crippen LogP contribution in [0.4, 0.5) is 10.1 Å². The van der Waals surface area contributed by atoms with Gasteiger partial charge in [0.15, 0.2) is 0 Å². The summed E-state index contributed by atoms with van der Waals surface area (Å²) in [5, 5.41) is 5.36. The smallest absolute Gasteiger partial charge is 0.325 e. The lowest BCUT2D eigenvalue weighted by Gasteiger charge is -2.32. The fraction of sp³-hybridized carbons (Fsp3) is 0.348. The molecule has 0 aromatic heterocycles. The molecule has 0 spiro atoms. The van der Waals surface area contributed by atoms with E-state index in [1.54, 1.807) is 30.3 Å². The predicted octanol–water partition coefficient (Wildman–Crippen LogP) is 2.58. The first-order valence-electron chi connectivity index (χ1n) is 10.2. The van der Waals surface area contributed by atoms with E-state index in [9.17, 15) is 18.8 Å². The first-order chi connectivity index (χ1) is 14.9. The molecule has 3 rings (SSSR count). The fourth-order valence-electron chi connectivity index (χ4n) is 3.58. The maximum Gasteiger partial charge on any atom is 0.325 e. The van der Waals surface area contributed by atoms with Crippen molar-refractivity contribution in [3.63, 3.8) is 0 Å². The second kappa shape index (κ2) is 10.7. The van der Waals surface area contributed by atoms with Gasteiger partial charge in [0.2, 0.25) is 5.91 Å². The Balaban J connectivity index is 1.52. The van der Waals surface area contributed by atoms with E-state index in [-0.39, 0.29) is 24.2 Å². The number of esters is 1. The lowest BCUT2D eigenvalue weighted by molar-refractivity contribution is -0.139. The van der Waals surface area contributed by atoms with Crippen LogP contribution >= 0.6 is 0 Å². The van der Waals surface area contributed by atoms with Crippen LogP contribution in [0.15, 0.2) is 48.5 Å². The third kappa shape index (κ3) is 6.62. The Labute approximate surface area is 180 Å². The van der Waals surface area contributed by atoms with Crippen molar-refractivity contribution in [3.8, 4) is 0 Å². The molecule has 2 aromatic rings. The van der Waals surface area contributed by atoms with E-state index >= 15 is 0 Å². The molecule has 1 fully saturated rings. The van der Waals surface area contributed by atoms with Crippen LogP contribution in [-0.4, -0.2) is 49.4 Å². The number of nitrogens with one attached hydrogen (secondary N) is 2. The Kier molecular flexibility index (Phi) is 7.72. The molecule has 164 valence electrons. The van der Waals surface area contributed by atoms with Crippen LogP contribution < -0.4 is 10.6 Å². The van der Waals surface area contributed by atoms with Gasteiger partial charge in [-0.1, -0.05) is 12.1 Å². The molecular formula is C23H26FN3O4. The van der Waals surface area contributed by atoms with E-state index in [2.05, 4.69) is 20.3 Å². The van der Waals surface area contributed by atoms with Crippen molar-refractivity contribution in [2.45, 2.75) is 19.4 Å². The number of anilines is 1. The Morgan fingerprint density at radius 1 is 1.16 bits per heavy atom. The van der Waals surface area contributed by atoms with Crippen LogP contribution in [0, 0.1) is 11.7 Å². The summed E-state index contributed by atoms with van der Waals surface area (Å²) < 4.78 is 17.9. The van der Waals surface area contributed by atoms with Crippen LogP contribution in [-0.2, 0) is 20.9 Å². The predicted molar refractivity (Wildman–Crippen MR) is 114 cm³/mol. The Morgan fingerprint density at radius 2 is 1.94 bits per heavy atom. The number of likely N-dealkylation sites (tertiary alicyclic amines) is 1. The summed E-state index contributed by atoms with van der Waals surface area (Å²) in [6.07, 6.45) is 1.69. The van der Waals surface area contributed by atoms with Gasteiger partial charge in [-0.25, -0.2) is 4.39 Å². The average molecular weight is 427 g/mol. The number of amides is 2. The second-order valence-electron chi connectivity index (χ2n) is 7.53. The number of nitrogens with zero attached hydrogens (tertiary/aromatic N) is 1. The molecule has 1 atom stereocenters. The highest BCUT2D eigenvalue weighted by atomic mass is 19.1. The molecule has 1 unspecified atom stereocenters. The van der Waals surface area contributed by atoms with Crippen molar-refractivity contribution in [1.82, 2.24) is 10.2 Å². The summed E-state index contributed by atoms with van der Waals surface area (Å²) in [7, 11) is 1.25. The van der Waals surface area contributed by atoms with Gasteiger partial charge in [0.1, 0.15) is 12.4 Å². The number of benzene rings is 2. The molecule has 0 aliphatic carbocycles. The quantitative estimate of drug-likeness (QED) is 0.664. The number of carbonyl (C=O) groups is 3. The Bertz CT molecular complexity index is 933. The van der Waals surface area contributed by atoms with Gasteiger partial charge in [0.25, 0.3) is 5.91 Å². The lowest BCUT2D eigenvalue weighted by atomic mass is 9.96. The fourth-order valence-corrected chi connectivity index (χ4v) is 3.58. The van der Waals surface area contributed by atoms with E-state index in [1.165, 1.54) is 19.2 Å². The van der Waals surface area contributed by atoms with E-state index in [0.29, 0.717) is 24.3 Å². The maximum absolute atomic E-state index is 13.4. The lowest BCUT2D eigenvalue weighted by Crippen LogP contribution is -2.40. The van der Waals surface area contributed by atoms with Gasteiger partial charge in [-0.15, -0.1) is 0 Å². The van der Waals surface area contributed by atoms with Crippen LogP contribution in [0.2, 0.25) is 0 Å². The minimum atomic E-state index is -0.531. The maximum atomic E-state index is 13.4. The number of ether oxygens (including phenoxy) is 1. The Morgan fingerprint density at radius 3 is 2.65 bits per heavy atom. The number of hydrogen-bond acceptors (Lipinski definition) is 5. The monoisotopic (exact) mass is 427 g/mol. The highest BCUT2D eigenvalue weighted by Gasteiger charge is 2.26. The normalized spacial score (nSPS) is 16.4. The first kappa shape index (κ1) is 22.4. The van der Waals surface area contributed by atoms with Crippen molar-refractivity contribution < 1.29 is 23.5 Å². The van der Waals surface area contributed by atoms with Gasteiger partial charge in [-0.3, -0.25) is 19.3 Å². The molecule has 1 aliphatic rings. The zero-order valence-corrected chi connectivity index (χ0v) is 17.4.